The van der Waals surface area contributed by atoms with Crippen LogP contribution in [0.2, 0.25) is 0 Å². The minimum Gasteiger partial charge on any atom is -0.395 e. The van der Waals surface area contributed by atoms with Crippen LogP contribution in [-0.4, -0.2) is 60.9 Å². The van der Waals surface area contributed by atoms with E-state index in [1.807, 2.05) is 13.8 Å². The molecule has 2 atom stereocenters. The van der Waals surface area contributed by atoms with Crippen LogP contribution in [0.15, 0.2) is 0 Å². The number of aliphatic hydroxyl groups is 1. The number of hydrogen-bond donors (Lipinski definition) is 2. The first-order chi connectivity index (χ1) is 8.57. The second kappa shape index (κ2) is 7.07. The molecule has 0 bridgehead atoms. The molecule has 1 aliphatic rings. The van der Waals surface area contributed by atoms with Crippen LogP contribution in [0.25, 0.3) is 0 Å². The Morgan fingerprint density at radius 1 is 1.61 bits per heavy atom. The number of amides is 1. The summed E-state index contributed by atoms with van der Waals surface area (Å²) < 4.78 is 5.35. The maximum absolute atomic E-state index is 12.5. The molecule has 1 aliphatic heterocycles. The molecule has 5 heteroatoms. The van der Waals surface area contributed by atoms with Gasteiger partial charge in [0, 0.05) is 26.2 Å². The highest BCUT2D eigenvalue weighted by atomic mass is 16.5. The lowest BCUT2D eigenvalue weighted by Crippen LogP contribution is -2.52. The summed E-state index contributed by atoms with van der Waals surface area (Å²) in [7, 11) is 1.56. The Morgan fingerprint density at radius 3 is 2.78 bits per heavy atom. The average Bonchev–Trinajstić information content (AvgIpc) is 2.89. The Labute approximate surface area is 109 Å². The van der Waals surface area contributed by atoms with Gasteiger partial charge in [-0.15, -0.1) is 0 Å². The number of hydrogen-bond acceptors (Lipinski definition) is 4. The molecule has 1 fully saturated rings. The molecule has 1 amide bonds. The van der Waals surface area contributed by atoms with Crippen LogP contribution in [0.5, 0.6) is 0 Å². The van der Waals surface area contributed by atoms with Crippen molar-refractivity contribution < 1.29 is 14.6 Å². The number of ether oxygens (including phenoxy) is 1. The summed E-state index contributed by atoms with van der Waals surface area (Å²) in [6, 6.07) is 0.346. The molecule has 0 aliphatic carbocycles. The van der Waals surface area contributed by atoms with Crippen molar-refractivity contribution in [2.24, 2.45) is 0 Å². The Hall–Kier alpha value is -0.650. The Balaban J connectivity index is 2.67. The number of nitrogens with zero attached hydrogens (tertiary/aromatic N) is 1. The number of nitrogens with one attached hydrogen (secondary N) is 1. The van der Waals surface area contributed by atoms with E-state index in [1.54, 1.807) is 12.0 Å². The molecule has 0 aromatic heterocycles. The molecule has 0 aromatic rings. The summed E-state index contributed by atoms with van der Waals surface area (Å²) in [5, 5.41) is 12.5. The van der Waals surface area contributed by atoms with Crippen molar-refractivity contribution >= 4 is 5.91 Å². The van der Waals surface area contributed by atoms with E-state index in [2.05, 4.69) is 5.32 Å². The molecule has 1 saturated heterocycles. The van der Waals surface area contributed by atoms with E-state index in [-0.39, 0.29) is 12.5 Å². The summed E-state index contributed by atoms with van der Waals surface area (Å²) in [4.78, 5) is 14.2. The zero-order chi connectivity index (χ0) is 13.6. The molecular formula is C13H26N2O3. The van der Waals surface area contributed by atoms with Crippen molar-refractivity contribution in [3.8, 4) is 0 Å². The van der Waals surface area contributed by atoms with Crippen LogP contribution in [-0.2, 0) is 9.53 Å². The molecule has 5 nitrogen and oxygen atoms in total. The van der Waals surface area contributed by atoms with E-state index in [9.17, 15) is 4.79 Å². The predicted molar refractivity (Wildman–Crippen MR) is 70.4 cm³/mol. The molecule has 0 radical (unpaired) electrons. The third-order valence-electron chi connectivity index (χ3n) is 3.84. The van der Waals surface area contributed by atoms with Gasteiger partial charge in [0.25, 0.3) is 5.91 Å². The lowest BCUT2D eigenvalue weighted by atomic mass is 10.0. The smallest absolute Gasteiger partial charge is 0.254 e. The fraction of sp³-hybridized carbons (Fsp3) is 0.923. The van der Waals surface area contributed by atoms with Crippen molar-refractivity contribution in [2.45, 2.75) is 44.8 Å². The maximum Gasteiger partial charge on any atom is 0.254 e. The highest BCUT2D eigenvalue weighted by Gasteiger charge is 2.35. The van der Waals surface area contributed by atoms with Crippen molar-refractivity contribution in [3.05, 3.63) is 0 Å². The van der Waals surface area contributed by atoms with E-state index in [1.165, 1.54) is 0 Å². The van der Waals surface area contributed by atoms with Gasteiger partial charge in [0.1, 0.15) is 5.60 Å². The van der Waals surface area contributed by atoms with Crippen molar-refractivity contribution in [2.75, 3.05) is 33.4 Å². The fourth-order valence-corrected chi connectivity index (χ4v) is 2.29. The summed E-state index contributed by atoms with van der Waals surface area (Å²) in [6.07, 6.45) is 2.87. The SMILES string of the molecule is CCC(C)(OC)C(=O)N(CCO)CC1CCCN1. The molecule has 0 saturated carbocycles. The van der Waals surface area contributed by atoms with Gasteiger partial charge >= 0.3 is 0 Å². The first-order valence-electron chi connectivity index (χ1n) is 6.76. The van der Waals surface area contributed by atoms with E-state index in [0.717, 1.165) is 19.4 Å². The largest absolute Gasteiger partial charge is 0.395 e. The van der Waals surface area contributed by atoms with Crippen LogP contribution >= 0.6 is 0 Å². The van der Waals surface area contributed by atoms with Gasteiger partial charge < -0.3 is 20.1 Å². The minimum absolute atomic E-state index is 0.0119. The average molecular weight is 258 g/mol. The third-order valence-corrected chi connectivity index (χ3v) is 3.84. The predicted octanol–water partition coefficient (Wildman–Crippen LogP) is 0.374. The lowest BCUT2D eigenvalue weighted by molar-refractivity contribution is -0.154. The van der Waals surface area contributed by atoms with E-state index < -0.39 is 5.60 Å². The molecule has 18 heavy (non-hydrogen) atoms. The fourth-order valence-electron chi connectivity index (χ4n) is 2.29. The van der Waals surface area contributed by atoms with Crippen molar-refractivity contribution in [1.29, 1.82) is 0 Å². The quantitative estimate of drug-likeness (QED) is 0.693. The van der Waals surface area contributed by atoms with E-state index in [0.29, 0.717) is 25.6 Å². The molecule has 0 spiro atoms. The molecule has 2 N–H and O–H groups in total. The first-order valence-corrected chi connectivity index (χ1v) is 6.76. The van der Waals surface area contributed by atoms with Crippen LogP contribution in [0, 0.1) is 0 Å². The van der Waals surface area contributed by atoms with Gasteiger partial charge in [0.15, 0.2) is 0 Å². The Bertz CT molecular complexity index is 261. The van der Waals surface area contributed by atoms with Gasteiger partial charge in [0.05, 0.1) is 6.61 Å². The highest BCUT2D eigenvalue weighted by molar-refractivity contribution is 5.84. The monoisotopic (exact) mass is 258 g/mol. The molecular weight excluding hydrogens is 232 g/mol. The Kier molecular flexibility index (Phi) is 6.05. The zero-order valence-electron chi connectivity index (χ0n) is 11.7. The van der Waals surface area contributed by atoms with Crippen LogP contribution in [0.4, 0.5) is 0 Å². The minimum atomic E-state index is -0.784. The first kappa shape index (κ1) is 15.4. The normalized spacial score (nSPS) is 22.8. The maximum atomic E-state index is 12.5. The number of aliphatic hydroxyl groups excluding tert-OH is 1. The standard InChI is InChI=1S/C13H26N2O3/c1-4-13(2,18-3)12(17)15(8-9-16)10-11-6-5-7-14-11/h11,14,16H,4-10H2,1-3H3. The molecule has 1 heterocycles. The number of rotatable bonds is 7. The van der Waals surface area contributed by atoms with Crippen molar-refractivity contribution in [3.63, 3.8) is 0 Å². The summed E-state index contributed by atoms with van der Waals surface area (Å²) in [6.45, 7) is 5.77. The second-order valence-electron chi connectivity index (χ2n) is 5.06. The Morgan fingerprint density at radius 2 is 2.33 bits per heavy atom. The summed E-state index contributed by atoms with van der Waals surface area (Å²) >= 11 is 0. The molecule has 2 unspecified atom stereocenters. The number of methoxy groups -OCH3 is 1. The number of carbonyl (C=O) groups is 1. The molecule has 106 valence electrons. The van der Waals surface area contributed by atoms with Gasteiger partial charge in [-0.05, 0) is 32.7 Å². The van der Waals surface area contributed by atoms with Crippen LogP contribution in [0.3, 0.4) is 0 Å². The second-order valence-corrected chi connectivity index (χ2v) is 5.06. The van der Waals surface area contributed by atoms with Gasteiger partial charge in [-0.3, -0.25) is 4.79 Å². The lowest BCUT2D eigenvalue weighted by Gasteiger charge is -2.34. The summed E-state index contributed by atoms with van der Waals surface area (Å²) in [5.74, 6) is -0.0322. The van der Waals surface area contributed by atoms with Crippen LogP contribution in [0.1, 0.15) is 33.1 Å². The van der Waals surface area contributed by atoms with Gasteiger partial charge in [-0.1, -0.05) is 6.92 Å². The molecule has 1 rings (SSSR count). The molecule has 0 aromatic carbocycles. The van der Waals surface area contributed by atoms with Gasteiger partial charge in [-0.25, -0.2) is 0 Å². The van der Waals surface area contributed by atoms with Gasteiger partial charge in [-0.2, -0.15) is 0 Å². The third kappa shape index (κ3) is 3.67. The summed E-state index contributed by atoms with van der Waals surface area (Å²) in [5.41, 5.74) is -0.784. The zero-order valence-corrected chi connectivity index (χ0v) is 11.7. The van der Waals surface area contributed by atoms with Gasteiger partial charge in [0.2, 0.25) is 0 Å². The van der Waals surface area contributed by atoms with E-state index in [4.69, 9.17) is 9.84 Å². The van der Waals surface area contributed by atoms with Crippen LogP contribution < -0.4 is 5.32 Å². The number of carbonyl (C=O) groups excluding carboxylic acids is 1. The highest BCUT2D eigenvalue weighted by Crippen LogP contribution is 2.19. The van der Waals surface area contributed by atoms with E-state index >= 15 is 0 Å². The topological polar surface area (TPSA) is 61.8 Å². The van der Waals surface area contributed by atoms with Crippen molar-refractivity contribution in [1.82, 2.24) is 10.2 Å².